The van der Waals surface area contributed by atoms with Gasteiger partial charge in [-0.3, -0.25) is 4.79 Å². The molecule has 2 aliphatic rings. The van der Waals surface area contributed by atoms with E-state index in [1.165, 1.54) is 12.1 Å². The Balaban J connectivity index is 1.68. The van der Waals surface area contributed by atoms with Crippen LogP contribution in [0.3, 0.4) is 0 Å². The smallest absolute Gasteiger partial charge is 0.224 e. The number of halogens is 2. The average Bonchev–Trinajstić information content (AvgIpc) is 3.14. The molecule has 0 spiro atoms. The molecule has 120 valence electrons. The SMILES string of the molecule is C[C@]1(NC(=O)[C@@H]2C[C@H]2c2cccc(F)c2F)CCS(=O)(=O)C1. The molecule has 2 fully saturated rings. The summed E-state index contributed by atoms with van der Waals surface area (Å²) < 4.78 is 50.0. The molecule has 3 rings (SSSR count). The van der Waals surface area contributed by atoms with Gasteiger partial charge in [0.2, 0.25) is 5.91 Å². The third kappa shape index (κ3) is 2.86. The third-order valence-corrected chi connectivity index (χ3v) is 6.34. The zero-order valence-electron chi connectivity index (χ0n) is 12.1. The van der Waals surface area contributed by atoms with Crippen LogP contribution in [0.15, 0.2) is 18.2 Å². The summed E-state index contributed by atoms with van der Waals surface area (Å²) in [5.74, 6) is -2.87. The fourth-order valence-corrected chi connectivity index (χ4v) is 5.23. The van der Waals surface area contributed by atoms with Crippen molar-refractivity contribution in [3.05, 3.63) is 35.4 Å². The molecule has 0 aromatic heterocycles. The van der Waals surface area contributed by atoms with Crippen molar-refractivity contribution in [3.8, 4) is 0 Å². The number of carbonyl (C=O) groups excluding carboxylic acids is 1. The molecule has 1 aromatic carbocycles. The van der Waals surface area contributed by atoms with Gasteiger partial charge in [-0.2, -0.15) is 0 Å². The second kappa shape index (κ2) is 5.01. The summed E-state index contributed by atoms with van der Waals surface area (Å²) in [5, 5.41) is 2.77. The molecule has 0 bridgehead atoms. The molecular formula is C15H17F2NO3S. The number of amides is 1. The van der Waals surface area contributed by atoms with Crippen molar-refractivity contribution in [1.29, 1.82) is 0 Å². The molecule has 0 radical (unpaired) electrons. The average molecular weight is 329 g/mol. The van der Waals surface area contributed by atoms with Gasteiger partial charge in [-0.05, 0) is 37.3 Å². The normalized spacial score (nSPS) is 32.7. The first-order valence-corrected chi connectivity index (χ1v) is 8.99. The molecule has 1 amide bonds. The lowest BCUT2D eigenvalue weighted by Crippen LogP contribution is -2.47. The number of hydrogen-bond donors (Lipinski definition) is 1. The summed E-state index contributed by atoms with van der Waals surface area (Å²) in [6.45, 7) is 1.70. The van der Waals surface area contributed by atoms with Crippen molar-refractivity contribution >= 4 is 15.7 Å². The van der Waals surface area contributed by atoms with Crippen LogP contribution in [0.4, 0.5) is 8.78 Å². The van der Waals surface area contributed by atoms with Gasteiger partial charge in [0.1, 0.15) is 0 Å². The van der Waals surface area contributed by atoms with Gasteiger partial charge in [-0.15, -0.1) is 0 Å². The second-order valence-electron chi connectivity index (χ2n) is 6.48. The molecule has 1 heterocycles. The molecular weight excluding hydrogens is 312 g/mol. The fraction of sp³-hybridized carbons (Fsp3) is 0.533. The van der Waals surface area contributed by atoms with Crippen LogP contribution < -0.4 is 5.32 Å². The quantitative estimate of drug-likeness (QED) is 0.919. The Kier molecular flexibility index (Phi) is 3.51. The summed E-state index contributed by atoms with van der Waals surface area (Å²) in [4.78, 5) is 12.2. The van der Waals surface area contributed by atoms with Crippen LogP contribution >= 0.6 is 0 Å². The van der Waals surface area contributed by atoms with Crippen LogP contribution in [0.25, 0.3) is 0 Å². The molecule has 1 saturated heterocycles. The number of rotatable bonds is 3. The van der Waals surface area contributed by atoms with E-state index in [4.69, 9.17) is 0 Å². The Bertz CT molecular complexity index is 734. The van der Waals surface area contributed by atoms with Crippen LogP contribution in [-0.4, -0.2) is 31.4 Å². The minimum atomic E-state index is -3.11. The van der Waals surface area contributed by atoms with Crippen molar-refractivity contribution in [2.75, 3.05) is 11.5 Å². The lowest BCUT2D eigenvalue weighted by molar-refractivity contribution is -0.123. The summed E-state index contributed by atoms with van der Waals surface area (Å²) in [6.07, 6.45) is 0.835. The summed E-state index contributed by atoms with van der Waals surface area (Å²) in [6, 6.07) is 3.95. The van der Waals surface area contributed by atoms with E-state index in [0.717, 1.165) is 6.07 Å². The van der Waals surface area contributed by atoms with Crippen LogP contribution in [-0.2, 0) is 14.6 Å². The largest absolute Gasteiger partial charge is 0.350 e. The standard InChI is InChI=1S/C15H17F2NO3S/c1-15(5-6-22(20,21)8-15)18-14(19)11-7-10(11)9-3-2-4-12(16)13(9)17/h2-4,10-11H,5-8H2,1H3,(H,18,19)/t10-,11+,15-/m0/s1. The first kappa shape index (κ1) is 15.4. The van der Waals surface area contributed by atoms with Crippen LogP contribution in [0.5, 0.6) is 0 Å². The van der Waals surface area contributed by atoms with Crippen LogP contribution in [0.2, 0.25) is 0 Å². The van der Waals surface area contributed by atoms with E-state index in [1.54, 1.807) is 6.92 Å². The highest BCUT2D eigenvalue weighted by Crippen LogP contribution is 2.49. The molecule has 1 saturated carbocycles. The van der Waals surface area contributed by atoms with E-state index in [9.17, 15) is 22.0 Å². The summed E-state index contributed by atoms with van der Waals surface area (Å²) in [5.41, 5.74) is -0.548. The third-order valence-electron chi connectivity index (χ3n) is 4.44. The number of benzene rings is 1. The maximum absolute atomic E-state index is 13.7. The Morgan fingerprint density at radius 1 is 1.36 bits per heavy atom. The lowest BCUT2D eigenvalue weighted by Gasteiger charge is -2.24. The van der Waals surface area contributed by atoms with E-state index in [0.29, 0.717) is 12.8 Å². The van der Waals surface area contributed by atoms with E-state index >= 15 is 0 Å². The number of sulfone groups is 1. The number of hydrogen-bond acceptors (Lipinski definition) is 3. The molecule has 0 unspecified atom stereocenters. The van der Waals surface area contributed by atoms with Crippen LogP contribution in [0.1, 0.15) is 31.2 Å². The molecule has 7 heteroatoms. The van der Waals surface area contributed by atoms with E-state index < -0.39 is 32.9 Å². The Labute approximate surface area is 127 Å². The van der Waals surface area contributed by atoms with Crippen molar-refractivity contribution in [2.45, 2.75) is 31.2 Å². The maximum Gasteiger partial charge on any atom is 0.224 e. The maximum atomic E-state index is 13.7. The number of carbonyl (C=O) groups is 1. The van der Waals surface area contributed by atoms with Gasteiger partial charge in [-0.25, -0.2) is 17.2 Å². The minimum Gasteiger partial charge on any atom is -0.350 e. The molecule has 22 heavy (non-hydrogen) atoms. The van der Waals surface area contributed by atoms with Gasteiger partial charge in [0.25, 0.3) is 0 Å². The van der Waals surface area contributed by atoms with E-state index in [2.05, 4.69) is 5.32 Å². The Hall–Kier alpha value is -1.50. The van der Waals surface area contributed by atoms with Crippen molar-refractivity contribution < 1.29 is 22.0 Å². The lowest BCUT2D eigenvalue weighted by atomic mass is 10.0. The van der Waals surface area contributed by atoms with E-state index in [-0.39, 0.29) is 28.9 Å². The van der Waals surface area contributed by atoms with Crippen molar-refractivity contribution in [1.82, 2.24) is 5.32 Å². The van der Waals surface area contributed by atoms with Gasteiger partial charge in [0, 0.05) is 5.92 Å². The zero-order valence-corrected chi connectivity index (χ0v) is 12.9. The monoisotopic (exact) mass is 329 g/mol. The van der Waals surface area contributed by atoms with Gasteiger partial charge >= 0.3 is 0 Å². The molecule has 1 aliphatic carbocycles. The molecule has 3 atom stereocenters. The first-order chi connectivity index (χ1) is 10.2. The molecule has 1 aliphatic heterocycles. The van der Waals surface area contributed by atoms with Gasteiger partial charge in [-0.1, -0.05) is 12.1 Å². The van der Waals surface area contributed by atoms with Crippen molar-refractivity contribution in [2.24, 2.45) is 5.92 Å². The predicted molar refractivity (Wildman–Crippen MR) is 77.0 cm³/mol. The highest BCUT2D eigenvalue weighted by molar-refractivity contribution is 7.91. The zero-order chi connectivity index (χ0) is 16.1. The van der Waals surface area contributed by atoms with E-state index in [1.807, 2.05) is 0 Å². The Morgan fingerprint density at radius 2 is 2.09 bits per heavy atom. The highest BCUT2D eigenvalue weighted by atomic mass is 32.2. The highest BCUT2D eigenvalue weighted by Gasteiger charge is 2.48. The summed E-state index contributed by atoms with van der Waals surface area (Å²) in [7, 11) is -3.11. The first-order valence-electron chi connectivity index (χ1n) is 7.17. The molecule has 1 aromatic rings. The second-order valence-corrected chi connectivity index (χ2v) is 8.67. The number of nitrogens with one attached hydrogen (secondary N) is 1. The fourth-order valence-electron chi connectivity index (χ4n) is 3.13. The van der Waals surface area contributed by atoms with Crippen molar-refractivity contribution in [3.63, 3.8) is 0 Å². The Morgan fingerprint density at radius 3 is 2.73 bits per heavy atom. The van der Waals surface area contributed by atoms with Gasteiger partial charge in [0.15, 0.2) is 21.5 Å². The predicted octanol–water partition coefficient (Wildman–Crippen LogP) is 1.76. The topological polar surface area (TPSA) is 63.2 Å². The summed E-state index contributed by atoms with van der Waals surface area (Å²) >= 11 is 0. The molecule has 4 nitrogen and oxygen atoms in total. The van der Waals surface area contributed by atoms with Gasteiger partial charge in [0.05, 0.1) is 17.0 Å². The molecule has 1 N–H and O–H groups in total. The van der Waals surface area contributed by atoms with Crippen LogP contribution in [0, 0.1) is 17.6 Å². The van der Waals surface area contributed by atoms with Gasteiger partial charge < -0.3 is 5.32 Å². The minimum absolute atomic E-state index is 0.0659.